The fourth-order valence-corrected chi connectivity index (χ4v) is 2.67. The summed E-state index contributed by atoms with van der Waals surface area (Å²) in [7, 11) is 1.99. The number of quaternary nitrogens is 1. The highest BCUT2D eigenvalue weighted by molar-refractivity contribution is 6.30. The van der Waals surface area contributed by atoms with E-state index in [-0.39, 0.29) is 12.6 Å². The molecule has 0 aliphatic carbocycles. The van der Waals surface area contributed by atoms with Crippen LogP contribution in [0, 0.1) is 0 Å². The number of hydrogen-bond acceptors (Lipinski definition) is 3. The van der Waals surface area contributed by atoms with Gasteiger partial charge in [0.2, 0.25) is 0 Å². The Morgan fingerprint density at radius 3 is 2.87 bits per heavy atom. The van der Waals surface area contributed by atoms with E-state index >= 15 is 0 Å². The minimum absolute atomic E-state index is 0.185. The molecule has 1 aromatic carbocycles. The van der Waals surface area contributed by atoms with Gasteiger partial charge in [-0.15, -0.1) is 0 Å². The van der Waals surface area contributed by atoms with Crippen molar-refractivity contribution in [1.29, 1.82) is 0 Å². The summed E-state index contributed by atoms with van der Waals surface area (Å²) in [5.74, 6) is -0.398. The number of urea groups is 1. The minimum Gasteiger partial charge on any atom is -0.463 e. The van der Waals surface area contributed by atoms with Gasteiger partial charge in [0.15, 0.2) is 0 Å². The van der Waals surface area contributed by atoms with Crippen LogP contribution in [0.4, 0.5) is 4.79 Å². The third-order valence-electron chi connectivity index (χ3n) is 3.45. The van der Waals surface area contributed by atoms with Crippen LogP contribution in [-0.2, 0) is 16.1 Å². The molecular formula is C16H21ClN3O3+. The van der Waals surface area contributed by atoms with Crippen LogP contribution in [0.15, 0.2) is 35.5 Å². The predicted octanol–water partition coefficient (Wildman–Crippen LogP) is 0.485. The normalized spacial score (nSPS) is 15.7. The summed E-state index contributed by atoms with van der Waals surface area (Å²) in [6, 6.07) is 7.34. The number of esters is 1. The van der Waals surface area contributed by atoms with Gasteiger partial charge in [0, 0.05) is 10.6 Å². The highest BCUT2D eigenvalue weighted by Crippen LogP contribution is 2.10. The zero-order chi connectivity index (χ0) is 16.8. The van der Waals surface area contributed by atoms with Gasteiger partial charge in [0.1, 0.15) is 13.1 Å². The Kier molecular flexibility index (Phi) is 6.01. The highest BCUT2D eigenvalue weighted by Gasteiger charge is 2.25. The first kappa shape index (κ1) is 17.3. The van der Waals surface area contributed by atoms with Gasteiger partial charge in [0.25, 0.3) is 0 Å². The third-order valence-corrected chi connectivity index (χ3v) is 3.68. The second-order valence-corrected chi connectivity index (χ2v) is 5.86. The summed E-state index contributed by atoms with van der Waals surface area (Å²) in [5, 5.41) is 6.00. The Bertz CT molecular complexity index is 631. The molecule has 0 radical (unpaired) electrons. The van der Waals surface area contributed by atoms with Crippen molar-refractivity contribution in [1.82, 2.24) is 10.6 Å². The van der Waals surface area contributed by atoms with E-state index in [1.54, 1.807) is 6.92 Å². The second kappa shape index (κ2) is 7.99. The summed E-state index contributed by atoms with van der Waals surface area (Å²) in [6.07, 6.45) is 0. The molecule has 3 N–H and O–H groups in total. The summed E-state index contributed by atoms with van der Waals surface area (Å²) in [4.78, 5) is 24.7. The first-order valence-corrected chi connectivity index (χ1v) is 7.87. The van der Waals surface area contributed by atoms with Gasteiger partial charge in [0.05, 0.1) is 31.5 Å². The van der Waals surface area contributed by atoms with E-state index in [0.29, 0.717) is 29.4 Å². The van der Waals surface area contributed by atoms with Gasteiger partial charge in [-0.25, -0.2) is 9.59 Å². The number of rotatable bonds is 6. The van der Waals surface area contributed by atoms with Crippen LogP contribution >= 0.6 is 11.6 Å². The maximum absolute atomic E-state index is 12.0. The Balaban J connectivity index is 2.10. The SMILES string of the molecule is CCOC(=O)C1=C(C[NH+](C)Cc2cccc(Cl)c2)NC(=O)NC1. The molecule has 0 saturated carbocycles. The van der Waals surface area contributed by atoms with E-state index in [2.05, 4.69) is 10.6 Å². The van der Waals surface area contributed by atoms with Crippen LogP contribution in [0.25, 0.3) is 0 Å². The summed E-state index contributed by atoms with van der Waals surface area (Å²) in [5.41, 5.74) is 2.16. The number of likely N-dealkylation sites (N-methyl/N-ethyl adjacent to an activating group) is 1. The van der Waals surface area contributed by atoms with Crippen LogP contribution in [0.2, 0.25) is 5.02 Å². The van der Waals surface area contributed by atoms with Crippen LogP contribution in [0.1, 0.15) is 12.5 Å². The minimum atomic E-state index is -0.398. The van der Waals surface area contributed by atoms with E-state index in [0.717, 1.165) is 17.0 Å². The van der Waals surface area contributed by atoms with Crippen molar-refractivity contribution in [3.8, 4) is 0 Å². The van der Waals surface area contributed by atoms with Gasteiger partial charge in [-0.2, -0.15) is 0 Å². The molecule has 0 spiro atoms. The Labute approximate surface area is 140 Å². The second-order valence-electron chi connectivity index (χ2n) is 5.43. The topological polar surface area (TPSA) is 71.9 Å². The molecule has 0 fully saturated rings. The molecule has 0 bridgehead atoms. The number of carbonyl (C=O) groups is 2. The quantitative estimate of drug-likeness (QED) is 0.661. The molecule has 1 aliphatic rings. The molecule has 1 unspecified atom stereocenters. The molecule has 6 nitrogen and oxygen atoms in total. The predicted molar refractivity (Wildman–Crippen MR) is 87.1 cm³/mol. The average molecular weight is 339 g/mol. The van der Waals surface area contributed by atoms with Crippen molar-refractivity contribution in [3.05, 3.63) is 46.1 Å². The van der Waals surface area contributed by atoms with Crippen LogP contribution in [-0.4, -0.2) is 38.7 Å². The maximum Gasteiger partial charge on any atom is 0.337 e. The lowest BCUT2D eigenvalue weighted by atomic mass is 10.1. The largest absolute Gasteiger partial charge is 0.463 e. The number of halogens is 1. The zero-order valence-corrected chi connectivity index (χ0v) is 14.0. The first-order chi connectivity index (χ1) is 11.0. The van der Waals surface area contributed by atoms with E-state index in [1.807, 2.05) is 31.3 Å². The van der Waals surface area contributed by atoms with Crippen molar-refractivity contribution < 1.29 is 19.2 Å². The molecule has 2 rings (SSSR count). The van der Waals surface area contributed by atoms with Gasteiger partial charge >= 0.3 is 12.0 Å². The van der Waals surface area contributed by atoms with Crippen LogP contribution in [0.3, 0.4) is 0 Å². The number of ether oxygens (including phenoxy) is 1. The van der Waals surface area contributed by atoms with Crippen molar-refractivity contribution in [3.63, 3.8) is 0 Å². The Morgan fingerprint density at radius 1 is 1.39 bits per heavy atom. The van der Waals surface area contributed by atoms with Crippen molar-refractivity contribution >= 4 is 23.6 Å². The molecule has 124 valence electrons. The van der Waals surface area contributed by atoms with E-state index in [9.17, 15) is 9.59 Å². The Hall–Kier alpha value is -2.05. The lowest BCUT2D eigenvalue weighted by Gasteiger charge is -2.23. The van der Waals surface area contributed by atoms with Gasteiger partial charge < -0.3 is 20.3 Å². The molecule has 1 atom stereocenters. The summed E-state index contributed by atoms with van der Waals surface area (Å²) in [6.45, 7) is 3.47. The molecule has 1 heterocycles. The van der Waals surface area contributed by atoms with Gasteiger partial charge in [-0.1, -0.05) is 23.7 Å². The summed E-state index contributed by atoms with van der Waals surface area (Å²) >= 11 is 5.99. The van der Waals surface area contributed by atoms with Crippen LogP contribution in [0.5, 0.6) is 0 Å². The number of benzene rings is 1. The van der Waals surface area contributed by atoms with E-state index in [1.165, 1.54) is 0 Å². The van der Waals surface area contributed by atoms with Crippen molar-refractivity contribution in [2.45, 2.75) is 13.5 Å². The average Bonchev–Trinajstić information content (AvgIpc) is 2.47. The molecule has 1 aromatic rings. The van der Waals surface area contributed by atoms with Gasteiger partial charge in [-0.05, 0) is 19.1 Å². The van der Waals surface area contributed by atoms with Crippen LogP contribution < -0.4 is 15.5 Å². The smallest absolute Gasteiger partial charge is 0.337 e. The molecule has 1 aliphatic heterocycles. The lowest BCUT2D eigenvalue weighted by molar-refractivity contribution is -0.889. The van der Waals surface area contributed by atoms with E-state index < -0.39 is 5.97 Å². The molecule has 23 heavy (non-hydrogen) atoms. The number of carbonyl (C=O) groups excluding carboxylic acids is 2. The number of hydrogen-bond donors (Lipinski definition) is 3. The Morgan fingerprint density at radius 2 is 2.17 bits per heavy atom. The highest BCUT2D eigenvalue weighted by atomic mass is 35.5. The standard InChI is InChI=1S/C16H20ClN3O3/c1-3-23-15(21)13-8-18-16(22)19-14(13)10-20(2)9-11-5-4-6-12(17)7-11/h4-7H,3,8-10H2,1-2H3,(H2,18,19,22)/p+1. The summed E-state index contributed by atoms with van der Waals surface area (Å²) < 4.78 is 5.05. The van der Waals surface area contributed by atoms with Crippen molar-refractivity contribution in [2.24, 2.45) is 0 Å². The molecule has 2 amide bonds. The maximum atomic E-state index is 12.0. The number of amides is 2. The van der Waals surface area contributed by atoms with Gasteiger partial charge in [-0.3, -0.25) is 0 Å². The molecular weight excluding hydrogens is 318 g/mol. The van der Waals surface area contributed by atoms with E-state index in [4.69, 9.17) is 16.3 Å². The number of nitrogens with one attached hydrogen (secondary N) is 3. The lowest BCUT2D eigenvalue weighted by Crippen LogP contribution is -3.08. The third kappa shape index (κ3) is 4.97. The monoisotopic (exact) mass is 338 g/mol. The zero-order valence-electron chi connectivity index (χ0n) is 13.2. The fourth-order valence-electron chi connectivity index (χ4n) is 2.46. The van der Waals surface area contributed by atoms with Crippen molar-refractivity contribution in [2.75, 3.05) is 26.7 Å². The fraction of sp³-hybridized carbons (Fsp3) is 0.375. The molecule has 0 saturated heterocycles. The first-order valence-electron chi connectivity index (χ1n) is 7.49. The molecule has 7 heteroatoms. The molecule has 0 aromatic heterocycles.